The van der Waals surface area contributed by atoms with E-state index in [4.69, 9.17) is 0 Å². The van der Waals surface area contributed by atoms with Gasteiger partial charge >= 0.3 is 0 Å². The van der Waals surface area contributed by atoms with Crippen LogP contribution in [-0.4, -0.2) is 29.8 Å². The van der Waals surface area contributed by atoms with Crippen molar-refractivity contribution in [2.75, 3.05) is 13.1 Å². The molecule has 0 aromatic heterocycles. The van der Waals surface area contributed by atoms with E-state index in [1.54, 1.807) is 18.2 Å². The fourth-order valence-corrected chi connectivity index (χ4v) is 4.09. The number of carbonyl (C=O) groups excluding carboxylic acids is 1. The first-order valence-corrected chi connectivity index (χ1v) is 8.19. The number of likely N-dealkylation sites (tertiary alicyclic amines) is 1. The van der Waals surface area contributed by atoms with Crippen LogP contribution in [0.15, 0.2) is 24.3 Å². The van der Waals surface area contributed by atoms with Crippen molar-refractivity contribution < 1.29 is 9.18 Å². The molecule has 0 amide bonds. The van der Waals surface area contributed by atoms with E-state index in [2.05, 4.69) is 4.90 Å². The van der Waals surface area contributed by atoms with E-state index in [1.807, 2.05) is 6.92 Å². The Bertz CT molecular complexity index is 516. The third-order valence-electron chi connectivity index (χ3n) is 5.22. The van der Waals surface area contributed by atoms with E-state index in [0.29, 0.717) is 6.04 Å². The Labute approximate surface area is 126 Å². The number of nitrogens with zero attached hydrogens (tertiary/aromatic N) is 1. The molecule has 1 aliphatic carbocycles. The first-order valence-electron chi connectivity index (χ1n) is 8.19. The van der Waals surface area contributed by atoms with Crippen molar-refractivity contribution in [3.63, 3.8) is 0 Å². The molecular formula is C18H24FNO. The SMILES string of the molecule is CC(CN1CCC2CCCCC21)C(=O)c1ccccc1F. The van der Waals surface area contributed by atoms with Gasteiger partial charge in [-0.25, -0.2) is 4.39 Å². The zero-order valence-electron chi connectivity index (χ0n) is 12.7. The quantitative estimate of drug-likeness (QED) is 0.783. The fourth-order valence-electron chi connectivity index (χ4n) is 4.09. The molecule has 0 bridgehead atoms. The smallest absolute Gasteiger partial charge is 0.169 e. The van der Waals surface area contributed by atoms with Crippen LogP contribution in [0.1, 0.15) is 49.4 Å². The summed E-state index contributed by atoms with van der Waals surface area (Å²) in [6, 6.07) is 6.99. The molecule has 1 aliphatic heterocycles. The first kappa shape index (κ1) is 14.7. The second kappa shape index (κ2) is 6.27. The third-order valence-corrected chi connectivity index (χ3v) is 5.22. The molecule has 3 rings (SSSR count). The van der Waals surface area contributed by atoms with Gasteiger partial charge in [-0.2, -0.15) is 0 Å². The summed E-state index contributed by atoms with van der Waals surface area (Å²) >= 11 is 0. The summed E-state index contributed by atoms with van der Waals surface area (Å²) in [5.74, 6) is 0.232. The summed E-state index contributed by atoms with van der Waals surface area (Å²) < 4.78 is 13.7. The van der Waals surface area contributed by atoms with E-state index in [1.165, 1.54) is 38.2 Å². The van der Waals surface area contributed by atoms with Crippen molar-refractivity contribution in [3.8, 4) is 0 Å². The van der Waals surface area contributed by atoms with Crippen molar-refractivity contribution in [1.82, 2.24) is 4.90 Å². The third kappa shape index (κ3) is 3.03. The Hall–Kier alpha value is -1.22. The minimum atomic E-state index is -0.397. The highest BCUT2D eigenvalue weighted by atomic mass is 19.1. The summed E-state index contributed by atoms with van der Waals surface area (Å²) in [5, 5.41) is 0. The molecule has 2 aliphatic rings. The highest BCUT2D eigenvalue weighted by Gasteiger charge is 2.36. The van der Waals surface area contributed by atoms with Crippen molar-refractivity contribution in [2.24, 2.45) is 11.8 Å². The van der Waals surface area contributed by atoms with Crippen LogP contribution in [0.3, 0.4) is 0 Å². The lowest BCUT2D eigenvalue weighted by Gasteiger charge is -2.33. The van der Waals surface area contributed by atoms with Gasteiger partial charge in [0.2, 0.25) is 0 Å². The van der Waals surface area contributed by atoms with Crippen molar-refractivity contribution in [1.29, 1.82) is 0 Å². The molecule has 0 N–H and O–H groups in total. The minimum absolute atomic E-state index is 0.0626. The Kier molecular flexibility index (Phi) is 4.39. The van der Waals surface area contributed by atoms with Gasteiger partial charge in [-0.15, -0.1) is 0 Å². The Balaban J connectivity index is 1.65. The van der Waals surface area contributed by atoms with Gasteiger partial charge in [0.15, 0.2) is 5.78 Å². The molecule has 1 aromatic rings. The van der Waals surface area contributed by atoms with Crippen molar-refractivity contribution >= 4 is 5.78 Å². The van der Waals surface area contributed by atoms with Gasteiger partial charge in [0.05, 0.1) is 5.56 Å². The van der Waals surface area contributed by atoms with Gasteiger partial charge in [-0.05, 0) is 43.9 Å². The van der Waals surface area contributed by atoms with E-state index >= 15 is 0 Å². The Morgan fingerprint density at radius 1 is 1.29 bits per heavy atom. The molecule has 3 unspecified atom stereocenters. The second-order valence-electron chi connectivity index (χ2n) is 6.64. The van der Waals surface area contributed by atoms with Crippen LogP contribution in [0.4, 0.5) is 4.39 Å². The Morgan fingerprint density at radius 3 is 2.86 bits per heavy atom. The lowest BCUT2D eigenvalue weighted by Crippen LogP contribution is -2.39. The fraction of sp³-hybridized carbons (Fsp3) is 0.611. The van der Waals surface area contributed by atoms with Crippen LogP contribution in [0, 0.1) is 17.7 Å². The normalized spacial score (nSPS) is 27.3. The minimum Gasteiger partial charge on any atom is -0.299 e. The molecule has 1 aromatic carbocycles. The number of hydrogen-bond donors (Lipinski definition) is 0. The van der Waals surface area contributed by atoms with Crippen molar-refractivity contribution in [3.05, 3.63) is 35.6 Å². The summed E-state index contributed by atoms with van der Waals surface area (Å²) in [5.41, 5.74) is 0.240. The monoisotopic (exact) mass is 289 g/mol. The number of halogens is 1. The average molecular weight is 289 g/mol. The first-order chi connectivity index (χ1) is 10.2. The van der Waals surface area contributed by atoms with Gasteiger partial charge in [0, 0.05) is 18.5 Å². The maximum atomic E-state index is 13.7. The molecule has 114 valence electrons. The molecule has 0 spiro atoms. The molecule has 1 heterocycles. The van der Waals surface area contributed by atoms with E-state index in [0.717, 1.165) is 19.0 Å². The van der Waals surface area contributed by atoms with Crippen LogP contribution in [-0.2, 0) is 0 Å². The highest BCUT2D eigenvalue weighted by Crippen LogP contribution is 2.36. The molecule has 1 saturated carbocycles. The summed E-state index contributed by atoms with van der Waals surface area (Å²) in [6.45, 7) is 3.81. The molecule has 1 saturated heterocycles. The Morgan fingerprint density at radius 2 is 2.05 bits per heavy atom. The number of carbonyl (C=O) groups is 1. The number of rotatable bonds is 4. The molecule has 3 atom stereocenters. The maximum absolute atomic E-state index is 13.7. The number of fused-ring (bicyclic) bond motifs is 1. The lowest BCUT2D eigenvalue weighted by atomic mass is 9.85. The van der Waals surface area contributed by atoms with Gasteiger partial charge in [0.25, 0.3) is 0 Å². The van der Waals surface area contributed by atoms with Gasteiger partial charge in [-0.1, -0.05) is 31.9 Å². The van der Waals surface area contributed by atoms with Gasteiger partial charge < -0.3 is 0 Å². The van der Waals surface area contributed by atoms with Gasteiger partial charge in [0.1, 0.15) is 5.82 Å². The van der Waals surface area contributed by atoms with Crippen LogP contribution in [0.5, 0.6) is 0 Å². The largest absolute Gasteiger partial charge is 0.299 e. The van der Waals surface area contributed by atoms with Crippen LogP contribution in [0.2, 0.25) is 0 Å². The predicted molar refractivity (Wildman–Crippen MR) is 81.8 cm³/mol. The van der Waals surface area contributed by atoms with Crippen LogP contribution < -0.4 is 0 Å². The van der Waals surface area contributed by atoms with Crippen LogP contribution in [0.25, 0.3) is 0 Å². The average Bonchev–Trinajstić information content (AvgIpc) is 2.90. The zero-order chi connectivity index (χ0) is 14.8. The topological polar surface area (TPSA) is 20.3 Å². The maximum Gasteiger partial charge on any atom is 0.169 e. The second-order valence-corrected chi connectivity index (χ2v) is 6.64. The van der Waals surface area contributed by atoms with E-state index < -0.39 is 5.82 Å². The summed E-state index contributed by atoms with van der Waals surface area (Å²) in [7, 11) is 0. The molecule has 3 heteroatoms. The van der Waals surface area contributed by atoms with Crippen LogP contribution >= 0.6 is 0 Å². The van der Waals surface area contributed by atoms with Crippen molar-refractivity contribution in [2.45, 2.75) is 45.1 Å². The number of hydrogen-bond acceptors (Lipinski definition) is 2. The van der Waals surface area contributed by atoms with E-state index in [9.17, 15) is 9.18 Å². The molecule has 0 radical (unpaired) electrons. The highest BCUT2D eigenvalue weighted by molar-refractivity contribution is 5.98. The molecule has 2 nitrogen and oxygen atoms in total. The summed E-state index contributed by atoms with van der Waals surface area (Å²) in [6.07, 6.45) is 6.55. The lowest BCUT2D eigenvalue weighted by molar-refractivity contribution is 0.0865. The molecule has 21 heavy (non-hydrogen) atoms. The predicted octanol–water partition coefficient (Wildman–Crippen LogP) is 3.91. The molecular weight excluding hydrogens is 265 g/mol. The summed E-state index contributed by atoms with van der Waals surface area (Å²) in [4.78, 5) is 14.9. The number of ketones is 1. The molecule has 2 fully saturated rings. The number of benzene rings is 1. The number of Topliss-reactive ketones (excluding diaryl/α,β-unsaturated/α-hetero) is 1. The standard InChI is InChI=1S/C18H24FNO/c1-13(18(21)15-7-3-4-8-16(15)19)12-20-11-10-14-6-2-5-9-17(14)20/h3-4,7-8,13-14,17H,2,5-6,9-12H2,1H3. The van der Waals surface area contributed by atoms with Gasteiger partial charge in [-0.3, -0.25) is 9.69 Å². The zero-order valence-corrected chi connectivity index (χ0v) is 12.7. The van der Waals surface area contributed by atoms with E-state index in [-0.39, 0.29) is 17.3 Å².